The second-order valence-electron chi connectivity index (χ2n) is 0.519. The van der Waals surface area contributed by atoms with Gasteiger partial charge < -0.3 is 0 Å². The van der Waals surface area contributed by atoms with Crippen molar-refractivity contribution in [3.05, 3.63) is 0 Å². The van der Waals surface area contributed by atoms with Gasteiger partial charge >= 0.3 is 0 Å². The average molecular weight is 202 g/mol. The van der Waals surface area contributed by atoms with Crippen molar-refractivity contribution in [2.75, 3.05) is 6.42 Å². The molecule has 1 unspecified atom stereocenters. The summed E-state index contributed by atoms with van der Waals surface area (Å²) in [5.74, 6) is 0. The monoisotopic (exact) mass is 202 g/mol. The van der Waals surface area contributed by atoms with Crippen LogP contribution in [0.2, 0.25) is 0 Å². The molecule has 2 radical (unpaired) electrons. The summed E-state index contributed by atoms with van der Waals surface area (Å²) >= 11 is 1.87. The van der Waals surface area contributed by atoms with E-state index >= 15 is 0 Å². The summed E-state index contributed by atoms with van der Waals surface area (Å²) in [7, 11) is 4.97. The van der Waals surface area contributed by atoms with Crippen LogP contribution in [0.3, 0.4) is 0 Å². The lowest BCUT2D eigenvalue weighted by atomic mass is 10.8. The second kappa shape index (κ2) is 3.35. The van der Waals surface area contributed by atoms with Crippen LogP contribution in [0, 0.1) is 0 Å². The Hall–Kier alpha value is 1.15. The molecule has 0 rings (SSSR count). The van der Waals surface area contributed by atoms with Crippen molar-refractivity contribution >= 4 is 35.0 Å². The predicted octanol–water partition coefficient (Wildman–Crippen LogP) is 1.83. The molecule has 0 saturated carbocycles. The zero-order valence-electron chi connectivity index (χ0n) is 2.49. The summed E-state index contributed by atoms with van der Waals surface area (Å²) in [4.78, 5) is 0. The van der Waals surface area contributed by atoms with Crippen molar-refractivity contribution < 1.29 is 4.39 Å². The summed E-state index contributed by atoms with van der Waals surface area (Å²) in [6.07, 6.45) is -0.365. The highest BCUT2D eigenvalue weighted by Gasteiger charge is 1.84. The number of alkyl halides is 1. The molecule has 0 aliphatic carbocycles. The number of halogens is 2. The number of rotatable bonds is 1. The van der Waals surface area contributed by atoms with E-state index in [1.807, 2.05) is 22.0 Å². The van der Waals surface area contributed by atoms with E-state index in [1.54, 1.807) is 0 Å². The molecule has 0 nitrogen and oxygen atoms in total. The highest BCUT2D eigenvalue weighted by molar-refractivity contribution is 14.2. The van der Waals surface area contributed by atoms with Gasteiger partial charge in [0, 0.05) is 0 Å². The Bertz CT molecular complexity index is 25.6. The summed E-state index contributed by atoms with van der Waals surface area (Å²) in [6, 6.07) is 0. The van der Waals surface area contributed by atoms with Crippen molar-refractivity contribution in [3.63, 3.8) is 0 Å². The summed E-state index contributed by atoms with van der Waals surface area (Å²) in [5, 5.41) is 0. The molecule has 0 amide bonds. The minimum Gasteiger partial charge on any atom is -0.246 e. The Morgan fingerprint density at radius 3 is 2.20 bits per heavy atom. The maximum absolute atomic E-state index is 11.0. The lowest BCUT2D eigenvalue weighted by Gasteiger charge is -1.86. The zero-order valence-corrected chi connectivity index (χ0v) is 5.54. The van der Waals surface area contributed by atoms with Crippen LogP contribution >= 0.6 is 27.5 Å². The largest absolute Gasteiger partial charge is 0.246 e. The van der Waals surface area contributed by atoms with Crippen LogP contribution in [0.5, 0.6) is 0 Å². The SMILES string of the molecule is [B]P(I)CF. The minimum absolute atomic E-state index is 0.365. The Labute approximate surface area is 46.1 Å². The van der Waals surface area contributed by atoms with E-state index < -0.39 is 5.44 Å². The maximum Gasteiger partial charge on any atom is 0.126 e. The van der Waals surface area contributed by atoms with Gasteiger partial charge in [0.1, 0.15) is 14.0 Å². The standard InChI is InChI=1S/CH2BFIP/c2-5(4)1-3/h1H2. The maximum atomic E-state index is 11.0. The van der Waals surface area contributed by atoms with Crippen LogP contribution in [0.15, 0.2) is 0 Å². The van der Waals surface area contributed by atoms with E-state index in [0.717, 1.165) is 0 Å². The van der Waals surface area contributed by atoms with E-state index in [9.17, 15) is 4.39 Å². The van der Waals surface area contributed by atoms with E-state index in [1.165, 1.54) is 0 Å². The van der Waals surface area contributed by atoms with Gasteiger partial charge in [-0.2, -0.15) is 0 Å². The molecule has 0 N–H and O–H groups in total. The molecule has 0 heterocycles. The van der Waals surface area contributed by atoms with Gasteiger partial charge in [0.05, 0.1) is 0 Å². The Morgan fingerprint density at radius 2 is 2.20 bits per heavy atom. The first-order chi connectivity index (χ1) is 2.27. The molecule has 0 spiro atoms. The van der Waals surface area contributed by atoms with Crippen molar-refractivity contribution in [2.45, 2.75) is 0 Å². The van der Waals surface area contributed by atoms with Crippen molar-refractivity contribution in [1.82, 2.24) is 0 Å². The first-order valence-electron chi connectivity index (χ1n) is 1.01. The van der Waals surface area contributed by atoms with Crippen LogP contribution < -0.4 is 0 Å². The average Bonchev–Trinajstić information content (AvgIpc) is 1.38. The molecule has 0 aromatic rings. The Kier molecular flexibility index (Phi) is 4.12. The molecule has 0 aromatic carbocycles. The molecule has 28 valence electrons. The van der Waals surface area contributed by atoms with E-state index in [-0.39, 0.29) is 6.42 Å². The van der Waals surface area contributed by atoms with Gasteiger partial charge in [-0.05, 0) is 0 Å². The van der Waals surface area contributed by atoms with Crippen LogP contribution in [-0.2, 0) is 0 Å². The normalized spacial score (nSPS) is 14.8. The Balaban J connectivity index is 2.54. The minimum atomic E-state index is -0.795. The van der Waals surface area contributed by atoms with Crippen LogP contribution in [-0.4, -0.2) is 14.0 Å². The molecule has 5 heavy (non-hydrogen) atoms. The molecule has 4 heteroatoms. The van der Waals surface area contributed by atoms with E-state index in [4.69, 9.17) is 7.57 Å². The van der Waals surface area contributed by atoms with Crippen molar-refractivity contribution in [1.29, 1.82) is 0 Å². The fraction of sp³-hybridized carbons (Fsp3) is 1.00. The molecule has 0 saturated heterocycles. The first kappa shape index (κ1) is 6.15. The van der Waals surface area contributed by atoms with Crippen LogP contribution in [0.25, 0.3) is 0 Å². The summed E-state index contributed by atoms with van der Waals surface area (Å²) < 4.78 is 11.0. The van der Waals surface area contributed by atoms with Crippen molar-refractivity contribution in [2.24, 2.45) is 0 Å². The molecule has 0 aliphatic heterocycles. The van der Waals surface area contributed by atoms with Gasteiger partial charge in [0.2, 0.25) is 0 Å². The zero-order chi connectivity index (χ0) is 4.28. The van der Waals surface area contributed by atoms with Gasteiger partial charge in [-0.3, -0.25) is 0 Å². The highest BCUT2D eigenvalue weighted by Crippen LogP contribution is 2.38. The van der Waals surface area contributed by atoms with Gasteiger partial charge in [-0.15, -0.1) is 0 Å². The molecule has 0 aromatic heterocycles. The molecule has 0 bridgehead atoms. The third-order valence-corrected chi connectivity index (χ3v) is 1.12. The molecular formula is CH2BFIP. The third kappa shape index (κ3) is 5.15. The molecule has 0 fully saturated rings. The molecule has 1 atom stereocenters. The molecule has 0 aliphatic rings. The van der Waals surface area contributed by atoms with Crippen molar-refractivity contribution in [3.8, 4) is 0 Å². The lowest BCUT2D eigenvalue weighted by molar-refractivity contribution is 0.604. The van der Waals surface area contributed by atoms with E-state index in [0.29, 0.717) is 0 Å². The van der Waals surface area contributed by atoms with Gasteiger partial charge in [0.15, 0.2) is 0 Å². The number of hydrogen-bond donors (Lipinski definition) is 0. The van der Waals surface area contributed by atoms with Crippen LogP contribution in [0.4, 0.5) is 4.39 Å². The smallest absolute Gasteiger partial charge is 0.126 e. The van der Waals surface area contributed by atoms with Crippen LogP contribution in [0.1, 0.15) is 0 Å². The third-order valence-electron chi connectivity index (χ3n) is 0.114. The van der Waals surface area contributed by atoms with E-state index in [2.05, 4.69) is 0 Å². The fourth-order valence-electron chi connectivity index (χ4n) is 0. The Morgan fingerprint density at radius 1 is 2.00 bits per heavy atom. The van der Waals surface area contributed by atoms with Gasteiger partial charge in [0.25, 0.3) is 0 Å². The molecular weight excluding hydrogens is 200 g/mol. The fourth-order valence-corrected chi connectivity index (χ4v) is 0. The van der Waals surface area contributed by atoms with Gasteiger partial charge in [-0.1, -0.05) is 27.5 Å². The lowest BCUT2D eigenvalue weighted by Crippen LogP contribution is -1.56. The topological polar surface area (TPSA) is 0 Å². The highest BCUT2D eigenvalue weighted by atomic mass is 127. The first-order valence-corrected chi connectivity index (χ1v) is 5.39. The number of hydrogen-bond acceptors (Lipinski definition) is 0. The predicted molar refractivity (Wildman–Crippen MR) is 32.7 cm³/mol. The van der Waals surface area contributed by atoms with Gasteiger partial charge in [-0.25, -0.2) is 4.39 Å². The second-order valence-corrected chi connectivity index (χ2v) is 5.28. The quantitative estimate of drug-likeness (QED) is 0.345. The summed E-state index contributed by atoms with van der Waals surface area (Å²) in [5.41, 5.74) is -0.795. The summed E-state index contributed by atoms with van der Waals surface area (Å²) in [6.45, 7) is 0.